The van der Waals surface area contributed by atoms with Crippen molar-refractivity contribution in [2.24, 2.45) is 5.73 Å². The number of carbonyl (C=O) groups excluding carboxylic acids is 1. The molecule has 136 valence electrons. The minimum atomic E-state index is -0.476. The van der Waals surface area contributed by atoms with Crippen molar-refractivity contribution in [3.05, 3.63) is 63.5 Å². The van der Waals surface area contributed by atoms with E-state index in [0.29, 0.717) is 20.4 Å². The van der Waals surface area contributed by atoms with Crippen LogP contribution in [0.2, 0.25) is 5.02 Å². The lowest BCUT2D eigenvalue weighted by Gasteiger charge is -2.12. The van der Waals surface area contributed by atoms with Crippen molar-refractivity contribution in [3.8, 4) is 0 Å². The molecule has 0 aliphatic rings. The van der Waals surface area contributed by atoms with Crippen LogP contribution in [0.4, 0.5) is 0 Å². The summed E-state index contributed by atoms with van der Waals surface area (Å²) in [6.07, 6.45) is 1.68. The number of rotatable bonds is 5. The number of hydrogen-bond donors (Lipinski definition) is 1. The second kappa shape index (κ2) is 7.30. The first-order valence-electron chi connectivity index (χ1n) is 7.97. The molecule has 0 aliphatic carbocycles. The van der Waals surface area contributed by atoms with Crippen molar-refractivity contribution >= 4 is 61.0 Å². The molecule has 0 aliphatic heterocycles. The van der Waals surface area contributed by atoms with Gasteiger partial charge in [-0.2, -0.15) is 0 Å². The van der Waals surface area contributed by atoms with Gasteiger partial charge in [-0.25, -0.2) is 9.97 Å². The summed E-state index contributed by atoms with van der Waals surface area (Å²) in [5, 5.41) is 1.81. The lowest BCUT2D eigenvalue weighted by atomic mass is 10.2. The first-order chi connectivity index (χ1) is 13.0. The van der Waals surface area contributed by atoms with Crippen molar-refractivity contribution in [3.63, 3.8) is 0 Å². The van der Waals surface area contributed by atoms with E-state index in [4.69, 9.17) is 17.3 Å². The maximum absolute atomic E-state index is 13.2. The smallest absolute Gasteiger partial charge is 0.272 e. The number of carbonyl (C=O) groups is 1. The zero-order valence-corrected chi connectivity index (χ0v) is 16.3. The SMILES string of the molecule is NC(=O)CSc1nc2c(sc3ncccc32)c(=O)n1Cc1ccccc1Cl. The van der Waals surface area contributed by atoms with E-state index in [2.05, 4.69) is 9.97 Å². The molecule has 0 radical (unpaired) electrons. The number of nitrogens with two attached hydrogens (primary N) is 1. The van der Waals surface area contributed by atoms with E-state index in [0.717, 1.165) is 27.5 Å². The zero-order chi connectivity index (χ0) is 19.0. The summed E-state index contributed by atoms with van der Waals surface area (Å²) < 4.78 is 2.06. The molecule has 9 heteroatoms. The number of nitrogens with zero attached hydrogens (tertiary/aromatic N) is 3. The maximum atomic E-state index is 13.2. The van der Waals surface area contributed by atoms with Crippen LogP contribution < -0.4 is 11.3 Å². The molecule has 0 spiro atoms. The fourth-order valence-corrected chi connectivity index (χ4v) is 4.68. The standard InChI is InChI=1S/C18H13ClN4O2S2/c19-12-6-2-1-4-10(12)8-23-17(25)15-14(22-18(23)26-9-13(20)24)11-5-3-7-21-16(11)27-15/h1-7H,8-9H2,(H2,20,24). The largest absolute Gasteiger partial charge is 0.369 e. The predicted molar refractivity (Wildman–Crippen MR) is 110 cm³/mol. The Kier molecular flexibility index (Phi) is 4.86. The molecule has 0 saturated heterocycles. The number of halogens is 1. The fraction of sp³-hybridized carbons (Fsp3) is 0.111. The van der Waals surface area contributed by atoms with Crippen LogP contribution in [0.25, 0.3) is 20.4 Å². The number of benzene rings is 1. The molecule has 0 unspecified atom stereocenters. The minimum absolute atomic E-state index is 0.0286. The summed E-state index contributed by atoms with van der Waals surface area (Å²) in [6.45, 7) is 0.254. The molecule has 1 aromatic carbocycles. The summed E-state index contributed by atoms with van der Waals surface area (Å²) in [6, 6.07) is 11.0. The van der Waals surface area contributed by atoms with Gasteiger partial charge < -0.3 is 5.73 Å². The lowest BCUT2D eigenvalue weighted by Crippen LogP contribution is -2.24. The third kappa shape index (κ3) is 3.43. The van der Waals surface area contributed by atoms with Gasteiger partial charge >= 0.3 is 0 Å². The third-order valence-electron chi connectivity index (χ3n) is 3.95. The Morgan fingerprint density at radius 1 is 1.26 bits per heavy atom. The van der Waals surface area contributed by atoms with Crippen molar-refractivity contribution in [2.45, 2.75) is 11.7 Å². The molecule has 0 fully saturated rings. The van der Waals surface area contributed by atoms with Crippen molar-refractivity contribution in [1.82, 2.24) is 14.5 Å². The molecule has 3 heterocycles. The highest BCUT2D eigenvalue weighted by Crippen LogP contribution is 2.30. The number of thiophene rings is 1. The number of fused-ring (bicyclic) bond motifs is 3. The molecule has 27 heavy (non-hydrogen) atoms. The van der Waals surface area contributed by atoms with Gasteiger partial charge in [0.05, 0.1) is 17.8 Å². The number of pyridine rings is 1. The van der Waals surface area contributed by atoms with Gasteiger partial charge in [-0.1, -0.05) is 41.6 Å². The topological polar surface area (TPSA) is 90.9 Å². The Morgan fingerprint density at radius 2 is 2.07 bits per heavy atom. The van der Waals surface area contributed by atoms with E-state index in [9.17, 15) is 9.59 Å². The van der Waals surface area contributed by atoms with Crippen LogP contribution in [0.5, 0.6) is 0 Å². The van der Waals surface area contributed by atoms with Gasteiger partial charge in [-0.05, 0) is 23.8 Å². The third-order valence-corrected chi connectivity index (χ3v) is 6.41. The molecule has 0 bridgehead atoms. The molecule has 4 rings (SSSR count). The molecule has 0 atom stereocenters. The van der Waals surface area contributed by atoms with E-state index >= 15 is 0 Å². The number of thioether (sulfide) groups is 1. The molecule has 2 N–H and O–H groups in total. The first kappa shape index (κ1) is 18.0. The second-order valence-electron chi connectivity index (χ2n) is 5.77. The maximum Gasteiger partial charge on any atom is 0.272 e. The summed E-state index contributed by atoms with van der Waals surface area (Å²) in [4.78, 5) is 34.2. The highest BCUT2D eigenvalue weighted by molar-refractivity contribution is 7.99. The monoisotopic (exact) mass is 416 g/mol. The summed E-state index contributed by atoms with van der Waals surface area (Å²) >= 11 is 8.71. The summed E-state index contributed by atoms with van der Waals surface area (Å²) in [5.74, 6) is -0.448. The lowest BCUT2D eigenvalue weighted by molar-refractivity contribution is -0.115. The number of aromatic nitrogens is 3. The van der Waals surface area contributed by atoms with Crippen LogP contribution in [-0.4, -0.2) is 26.2 Å². The summed E-state index contributed by atoms with van der Waals surface area (Å²) in [5.41, 5.74) is 6.49. The average molecular weight is 417 g/mol. The van der Waals surface area contributed by atoms with Gasteiger partial charge in [0, 0.05) is 16.6 Å². The molecular formula is C18H13ClN4O2S2. The Balaban J connectivity index is 1.94. The van der Waals surface area contributed by atoms with Gasteiger partial charge in [0.15, 0.2) is 5.16 Å². The van der Waals surface area contributed by atoms with Crippen LogP contribution in [0.15, 0.2) is 52.5 Å². The van der Waals surface area contributed by atoms with E-state index in [1.807, 2.05) is 30.3 Å². The second-order valence-corrected chi connectivity index (χ2v) is 8.12. The molecule has 3 aromatic heterocycles. The van der Waals surface area contributed by atoms with E-state index < -0.39 is 5.91 Å². The van der Waals surface area contributed by atoms with E-state index in [1.54, 1.807) is 12.3 Å². The van der Waals surface area contributed by atoms with Gasteiger partial charge in [0.25, 0.3) is 5.56 Å². The van der Waals surface area contributed by atoms with Gasteiger partial charge in [-0.3, -0.25) is 14.2 Å². The highest BCUT2D eigenvalue weighted by Gasteiger charge is 2.18. The van der Waals surface area contributed by atoms with Gasteiger partial charge in [0.2, 0.25) is 5.91 Å². The first-order valence-corrected chi connectivity index (χ1v) is 10.1. The molecule has 6 nitrogen and oxygen atoms in total. The fourth-order valence-electron chi connectivity index (χ4n) is 2.72. The van der Waals surface area contributed by atoms with Gasteiger partial charge in [0.1, 0.15) is 9.53 Å². The predicted octanol–water partition coefficient (Wildman–Crippen LogP) is 3.29. The molecule has 1 amide bonds. The quantitative estimate of drug-likeness (QED) is 0.398. The molecular weight excluding hydrogens is 404 g/mol. The van der Waals surface area contributed by atoms with Gasteiger partial charge in [-0.15, -0.1) is 11.3 Å². The Bertz CT molecular complexity index is 1240. The Morgan fingerprint density at radius 3 is 2.85 bits per heavy atom. The van der Waals surface area contributed by atoms with E-state index in [-0.39, 0.29) is 17.9 Å². The average Bonchev–Trinajstić information content (AvgIpc) is 3.03. The van der Waals surface area contributed by atoms with Crippen LogP contribution in [0, 0.1) is 0 Å². The van der Waals surface area contributed by atoms with Crippen LogP contribution >= 0.6 is 34.7 Å². The van der Waals surface area contributed by atoms with Crippen LogP contribution in [0.3, 0.4) is 0 Å². The normalized spacial score (nSPS) is 11.3. The number of hydrogen-bond acceptors (Lipinski definition) is 6. The Hall–Kier alpha value is -2.42. The molecule has 0 saturated carbocycles. The zero-order valence-electron chi connectivity index (χ0n) is 13.9. The van der Waals surface area contributed by atoms with Crippen molar-refractivity contribution in [1.29, 1.82) is 0 Å². The summed E-state index contributed by atoms with van der Waals surface area (Å²) in [7, 11) is 0. The number of primary amides is 1. The molecule has 4 aromatic rings. The van der Waals surface area contributed by atoms with E-state index in [1.165, 1.54) is 15.9 Å². The minimum Gasteiger partial charge on any atom is -0.369 e. The van der Waals surface area contributed by atoms with Crippen molar-refractivity contribution in [2.75, 3.05) is 5.75 Å². The van der Waals surface area contributed by atoms with Crippen molar-refractivity contribution < 1.29 is 4.79 Å². The Labute approximate surface area is 167 Å². The van der Waals surface area contributed by atoms with Crippen LogP contribution in [-0.2, 0) is 11.3 Å². The highest BCUT2D eigenvalue weighted by atomic mass is 35.5. The number of amides is 1. The van der Waals surface area contributed by atoms with Crippen LogP contribution in [0.1, 0.15) is 5.56 Å².